The Labute approximate surface area is 177 Å². The van der Waals surface area contributed by atoms with E-state index in [0.29, 0.717) is 0 Å². The molecule has 31 heavy (non-hydrogen) atoms. The molecule has 0 unspecified atom stereocenters. The predicted molar refractivity (Wildman–Crippen MR) is 101 cm³/mol. The first-order valence-corrected chi connectivity index (χ1v) is 9.25. The SMILES string of the molecule is COc1ccnc(C(=O)N[C@H]2O[C@@H](C)[C@@H](OC(C)=O)[C@H](OC(C)=O)[C@@H]2OC(C)=O)c1O. The summed E-state index contributed by atoms with van der Waals surface area (Å²) >= 11 is 0. The van der Waals surface area contributed by atoms with Crippen molar-refractivity contribution in [3.63, 3.8) is 0 Å². The summed E-state index contributed by atoms with van der Waals surface area (Å²) in [5.41, 5.74) is -0.372. The van der Waals surface area contributed by atoms with Gasteiger partial charge in [0.15, 0.2) is 41.7 Å². The van der Waals surface area contributed by atoms with Gasteiger partial charge in [0.25, 0.3) is 5.91 Å². The Balaban J connectivity index is 2.38. The van der Waals surface area contributed by atoms with Crippen LogP contribution in [-0.4, -0.2) is 71.7 Å². The maximum atomic E-state index is 12.7. The molecule has 2 heterocycles. The van der Waals surface area contributed by atoms with Crippen LogP contribution in [0.4, 0.5) is 0 Å². The average molecular weight is 440 g/mol. The molecule has 1 saturated heterocycles. The first kappa shape index (κ1) is 23.9. The second-order valence-electron chi connectivity index (χ2n) is 6.67. The Morgan fingerprint density at radius 3 is 2.10 bits per heavy atom. The van der Waals surface area contributed by atoms with Crippen molar-refractivity contribution in [1.29, 1.82) is 0 Å². The fourth-order valence-electron chi connectivity index (χ4n) is 3.09. The molecule has 170 valence electrons. The third-order valence-electron chi connectivity index (χ3n) is 4.27. The zero-order valence-electron chi connectivity index (χ0n) is 17.6. The fraction of sp³-hybridized carbons (Fsp3) is 0.526. The topological polar surface area (TPSA) is 160 Å². The van der Waals surface area contributed by atoms with Gasteiger partial charge in [0.1, 0.15) is 0 Å². The van der Waals surface area contributed by atoms with Gasteiger partial charge in [0, 0.05) is 33.0 Å². The number of methoxy groups -OCH3 is 1. The van der Waals surface area contributed by atoms with Crippen LogP contribution >= 0.6 is 0 Å². The van der Waals surface area contributed by atoms with Crippen LogP contribution < -0.4 is 10.1 Å². The van der Waals surface area contributed by atoms with E-state index < -0.39 is 60.2 Å². The van der Waals surface area contributed by atoms with Gasteiger partial charge in [-0.05, 0) is 6.92 Å². The number of pyridine rings is 1. The van der Waals surface area contributed by atoms with Crippen LogP contribution in [0.25, 0.3) is 0 Å². The third kappa shape index (κ3) is 5.81. The molecule has 1 fully saturated rings. The molecule has 2 N–H and O–H groups in total. The van der Waals surface area contributed by atoms with Crippen molar-refractivity contribution >= 4 is 23.8 Å². The van der Waals surface area contributed by atoms with Crippen molar-refractivity contribution in [2.75, 3.05) is 7.11 Å². The van der Waals surface area contributed by atoms with Gasteiger partial charge in [-0.2, -0.15) is 0 Å². The summed E-state index contributed by atoms with van der Waals surface area (Å²) in [5, 5.41) is 12.6. The minimum atomic E-state index is -1.36. The first-order chi connectivity index (χ1) is 14.5. The number of aromatic nitrogens is 1. The lowest BCUT2D eigenvalue weighted by Crippen LogP contribution is -2.64. The normalized spacial score (nSPS) is 25.1. The molecule has 12 heteroatoms. The summed E-state index contributed by atoms with van der Waals surface area (Å²) < 4.78 is 26.3. The maximum absolute atomic E-state index is 12.7. The summed E-state index contributed by atoms with van der Waals surface area (Å²) in [6.07, 6.45) is -4.68. The van der Waals surface area contributed by atoms with E-state index in [1.807, 2.05) is 0 Å². The zero-order valence-corrected chi connectivity index (χ0v) is 17.6. The minimum absolute atomic E-state index is 0.0160. The number of carbonyl (C=O) groups excluding carboxylic acids is 4. The monoisotopic (exact) mass is 440 g/mol. The molecule has 2 rings (SSSR count). The highest BCUT2D eigenvalue weighted by molar-refractivity contribution is 5.95. The number of nitrogens with zero attached hydrogens (tertiary/aromatic N) is 1. The quantitative estimate of drug-likeness (QED) is 0.455. The number of carbonyl (C=O) groups is 4. The molecule has 12 nitrogen and oxygen atoms in total. The first-order valence-electron chi connectivity index (χ1n) is 9.25. The Morgan fingerprint density at radius 1 is 1.00 bits per heavy atom. The van der Waals surface area contributed by atoms with Gasteiger partial charge < -0.3 is 34.1 Å². The van der Waals surface area contributed by atoms with Crippen molar-refractivity contribution in [2.45, 2.75) is 58.3 Å². The largest absolute Gasteiger partial charge is 0.503 e. The lowest BCUT2D eigenvalue weighted by Gasteiger charge is -2.43. The summed E-state index contributed by atoms with van der Waals surface area (Å²) in [6, 6.07) is 1.35. The van der Waals surface area contributed by atoms with E-state index in [-0.39, 0.29) is 11.4 Å². The molecule has 1 aromatic rings. The lowest BCUT2D eigenvalue weighted by atomic mass is 9.97. The van der Waals surface area contributed by atoms with Gasteiger partial charge in [0.05, 0.1) is 13.2 Å². The molecule has 0 bridgehead atoms. The van der Waals surface area contributed by atoms with Crippen LogP contribution in [0.5, 0.6) is 11.5 Å². The van der Waals surface area contributed by atoms with E-state index in [9.17, 15) is 24.3 Å². The summed E-state index contributed by atoms with van der Waals surface area (Å²) in [4.78, 5) is 51.4. The molecule has 0 spiro atoms. The second-order valence-corrected chi connectivity index (χ2v) is 6.67. The van der Waals surface area contributed by atoms with E-state index in [1.165, 1.54) is 26.3 Å². The van der Waals surface area contributed by atoms with E-state index in [4.69, 9.17) is 23.7 Å². The smallest absolute Gasteiger partial charge is 0.303 e. The molecule has 0 aromatic carbocycles. The molecular weight excluding hydrogens is 416 g/mol. The number of hydrogen-bond donors (Lipinski definition) is 2. The van der Waals surface area contributed by atoms with Crippen molar-refractivity contribution in [1.82, 2.24) is 10.3 Å². The number of rotatable bonds is 6. The molecule has 0 radical (unpaired) electrons. The lowest BCUT2D eigenvalue weighted by molar-refractivity contribution is -0.246. The van der Waals surface area contributed by atoms with Crippen LogP contribution in [0.2, 0.25) is 0 Å². The molecule has 0 saturated carbocycles. The Hall–Kier alpha value is -3.41. The van der Waals surface area contributed by atoms with Crippen molar-refractivity contribution < 1.29 is 48.0 Å². The van der Waals surface area contributed by atoms with Crippen molar-refractivity contribution in [2.24, 2.45) is 0 Å². The van der Waals surface area contributed by atoms with Gasteiger partial charge in [-0.3, -0.25) is 19.2 Å². The molecule has 1 aliphatic heterocycles. The van der Waals surface area contributed by atoms with Crippen molar-refractivity contribution in [3.8, 4) is 11.5 Å². The Kier molecular flexibility index (Phi) is 7.75. The minimum Gasteiger partial charge on any atom is -0.503 e. The highest BCUT2D eigenvalue weighted by atomic mass is 16.7. The summed E-state index contributed by atoms with van der Waals surface area (Å²) in [7, 11) is 1.30. The molecule has 0 aliphatic carbocycles. The standard InChI is InChI=1S/C19H24N2O10/c1-8-15(29-9(2)22)16(30-10(3)23)17(31-11(4)24)19(28-8)21-18(26)13-14(25)12(27-5)6-7-20-13/h6-8,15-17,19,25H,1-5H3,(H,21,26)/t8-,15+,16-,17-,19-/m0/s1. The predicted octanol–water partition coefficient (Wildman–Crippen LogP) is 0.0655. The molecule has 1 aliphatic rings. The fourth-order valence-corrected chi connectivity index (χ4v) is 3.09. The van der Waals surface area contributed by atoms with E-state index in [1.54, 1.807) is 0 Å². The number of ether oxygens (including phenoxy) is 5. The van der Waals surface area contributed by atoms with Crippen LogP contribution in [0.15, 0.2) is 12.3 Å². The molecule has 1 aromatic heterocycles. The van der Waals surface area contributed by atoms with E-state index in [0.717, 1.165) is 20.8 Å². The van der Waals surface area contributed by atoms with Crippen molar-refractivity contribution in [3.05, 3.63) is 18.0 Å². The second kappa shape index (κ2) is 10.1. The molecule has 1 amide bonds. The molecular formula is C19H24N2O10. The number of aromatic hydroxyl groups is 1. The van der Waals surface area contributed by atoms with Gasteiger partial charge in [-0.1, -0.05) is 0 Å². The Morgan fingerprint density at radius 2 is 1.55 bits per heavy atom. The van der Waals surface area contributed by atoms with E-state index >= 15 is 0 Å². The molecule has 5 atom stereocenters. The van der Waals surface area contributed by atoms with E-state index in [2.05, 4.69) is 10.3 Å². The zero-order chi connectivity index (χ0) is 23.3. The number of amides is 1. The maximum Gasteiger partial charge on any atom is 0.303 e. The van der Waals surface area contributed by atoms with Gasteiger partial charge >= 0.3 is 17.9 Å². The number of hydrogen-bond acceptors (Lipinski definition) is 11. The number of esters is 3. The Bertz CT molecular complexity index is 858. The summed E-state index contributed by atoms with van der Waals surface area (Å²) in [5.74, 6) is -3.54. The third-order valence-corrected chi connectivity index (χ3v) is 4.27. The van der Waals surface area contributed by atoms with Crippen LogP contribution in [0.3, 0.4) is 0 Å². The van der Waals surface area contributed by atoms with Crippen LogP contribution in [0, 0.1) is 0 Å². The highest BCUT2D eigenvalue weighted by Gasteiger charge is 2.51. The van der Waals surface area contributed by atoms with Crippen LogP contribution in [-0.2, 0) is 33.3 Å². The highest BCUT2D eigenvalue weighted by Crippen LogP contribution is 2.30. The summed E-state index contributed by atoms with van der Waals surface area (Å²) in [6.45, 7) is 4.91. The number of nitrogens with one attached hydrogen (secondary N) is 1. The van der Waals surface area contributed by atoms with Crippen LogP contribution in [0.1, 0.15) is 38.2 Å². The van der Waals surface area contributed by atoms with Gasteiger partial charge in [-0.25, -0.2) is 4.98 Å². The van der Waals surface area contributed by atoms with Gasteiger partial charge in [0.2, 0.25) is 0 Å². The van der Waals surface area contributed by atoms with Gasteiger partial charge in [-0.15, -0.1) is 0 Å². The average Bonchev–Trinajstić information content (AvgIpc) is 2.66.